The lowest BCUT2D eigenvalue weighted by atomic mass is 10.1. The van der Waals surface area contributed by atoms with E-state index in [0.29, 0.717) is 11.3 Å². The molecule has 7 heteroatoms. The zero-order chi connectivity index (χ0) is 15.5. The highest BCUT2D eigenvalue weighted by Crippen LogP contribution is 2.23. The van der Waals surface area contributed by atoms with Gasteiger partial charge < -0.3 is 4.74 Å². The maximum Gasteiger partial charge on any atom is 0.338 e. The predicted octanol–water partition coefficient (Wildman–Crippen LogP) is 3.03. The van der Waals surface area contributed by atoms with Gasteiger partial charge in [0.25, 0.3) is 10.0 Å². The van der Waals surface area contributed by atoms with Crippen LogP contribution in [0, 0.1) is 6.92 Å². The van der Waals surface area contributed by atoms with E-state index >= 15 is 0 Å². The van der Waals surface area contributed by atoms with Gasteiger partial charge in [0.05, 0.1) is 17.9 Å². The summed E-state index contributed by atoms with van der Waals surface area (Å²) in [7, 11) is -3.63. The fourth-order valence-electron chi connectivity index (χ4n) is 1.68. The molecule has 0 radical (unpaired) electrons. The number of sulfonamides is 1. The molecule has 2 aromatic rings. The van der Waals surface area contributed by atoms with Crippen molar-refractivity contribution in [1.29, 1.82) is 0 Å². The van der Waals surface area contributed by atoms with Gasteiger partial charge in [0.15, 0.2) is 0 Å². The number of hydrogen-bond donors (Lipinski definition) is 1. The molecule has 0 spiro atoms. The number of esters is 1. The van der Waals surface area contributed by atoms with Crippen molar-refractivity contribution in [3.05, 3.63) is 46.8 Å². The van der Waals surface area contributed by atoms with Crippen LogP contribution in [-0.2, 0) is 14.8 Å². The van der Waals surface area contributed by atoms with Crippen molar-refractivity contribution in [2.24, 2.45) is 0 Å². The van der Waals surface area contributed by atoms with Crippen LogP contribution in [0.5, 0.6) is 0 Å². The molecule has 0 fully saturated rings. The smallest absolute Gasteiger partial charge is 0.338 e. The standard InChI is InChI=1S/C14H15NO4S2/c1-3-19-14(16)11-7-6-10(2)12(9-11)15-21(17,18)13-5-4-8-20-13/h4-9,15H,3H2,1-2H3. The van der Waals surface area contributed by atoms with Crippen LogP contribution in [0.4, 0.5) is 5.69 Å². The van der Waals surface area contributed by atoms with Gasteiger partial charge in [-0.25, -0.2) is 13.2 Å². The van der Waals surface area contributed by atoms with Crippen LogP contribution in [-0.4, -0.2) is 21.0 Å². The van der Waals surface area contributed by atoms with Crippen LogP contribution in [0.3, 0.4) is 0 Å². The van der Waals surface area contributed by atoms with E-state index in [9.17, 15) is 13.2 Å². The Bertz CT molecular complexity index is 736. The average molecular weight is 325 g/mol. The molecule has 0 saturated heterocycles. The number of thiophene rings is 1. The van der Waals surface area contributed by atoms with Crippen molar-refractivity contribution >= 4 is 33.0 Å². The number of nitrogens with one attached hydrogen (secondary N) is 1. The van der Waals surface area contributed by atoms with Crippen molar-refractivity contribution < 1.29 is 17.9 Å². The summed E-state index contributed by atoms with van der Waals surface area (Å²) in [6, 6.07) is 7.96. The van der Waals surface area contributed by atoms with E-state index in [-0.39, 0.29) is 10.8 Å². The largest absolute Gasteiger partial charge is 0.462 e. The van der Waals surface area contributed by atoms with Crippen LogP contribution in [0.2, 0.25) is 0 Å². The van der Waals surface area contributed by atoms with Crippen LogP contribution in [0.1, 0.15) is 22.8 Å². The second kappa shape index (κ2) is 6.28. The maximum absolute atomic E-state index is 12.2. The zero-order valence-electron chi connectivity index (χ0n) is 11.6. The van der Waals surface area contributed by atoms with Gasteiger partial charge in [0.2, 0.25) is 0 Å². The Balaban J connectivity index is 2.32. The Hall–Kier alpha value is -1.86. The van der Waals surface area contributed by atoms with Crippen molar-refractivity contribution in [3.63, 3.8) is 0 Å². The van der Waals surface area contributed by atoms with Gasteiger partial charge in [-0.15, -0.1) is 11.3 Å². The Labute approximate surface area is 127 Å². The fraction of sp³-hybridized carbons (Fsp3) is 0.214. The molecule has 1 heterocycles. The summed E-state index contributed by atoms with van der Waals surface area (Å²) in [6.45, 7) is 3.75. The third-order valence-electron chi connectivity index (χ3n) is 2.75. The van der Waals surface area contributed by atoms with Crippen LogP contribution >= 0.6 is 11.3 Å². The first kappa shape index (κ1) is 15.5. The zero-order valence-corrected chi connectivity index (χ0v) is 13.3. The summed E-state index contributed by atoms with van der Waals surface area (Å²) in [4.78, 5) is 11.7. The molecule has 1 aromatic heterocycles. The van der Waals surface area contributed by atoms with Crippen LogP contribution in [0.15, 0.2) is 39.9 Å². The van der Waals surface area contributed by atoms with Crippen LogP contribution < -0.4 is 4.72 Å². The first-order valence-electron chi connectivity index (χ1n) is 6.28. The lowest BCUT2D eigenvalue weighted by molar-refractivity contribution is 0.0526. The number of carbonyl (C=O) groups excluding carboxylic acids is 1. The Morgan fingerprint density at radius 3 is 2.71 bits per heavy atom. The summed E-state index contributed by atoms with van der Waals surface area (Å²) in [5, 5.41) is 1.69. The third-order valence-corrected chi connectivity index (χ3v) is 5.52. The second-order valence-electron chi connectivity index (χ2n) is 4.29. The number of aryl methyl sites for hydroxylation is 1. The summed E-state index contributed by atoms with van der Waals surface area (Å²) < 4.78 is 32.0. The van der Waals surface area contributed by atoms with Crippen molar-refractivity contribution in [3.8, 4) is 0 Å². The van der Waals surface area contributed by atoms with E-state index in [1.807, 2.05) is 0 Å². The van der Waals surface area contributed by atoms with Gasteiger partial charge >= 0.3 is 5.97 Å². The molecule has 5 nitrogen and oxygen atoms in total. The van der Waals surface area contributed by atoms with Gasteiger partial charge in [-0.2, -0.15) is 0 Å². The van der Waals surface area contributed by atoms with Gasteiger partial charge in [-0.3, -0.25) is 4.72 Å². The second-order valence-corrected chi connectivity index (χ2v) is 7.14. The van der Waals surface area contributed by atoms with Gasteiger partial charge in [-0.05, 0) is 43.0 Å². The predicted molar refractivity (Wildman–Crippen MR) is 82.3 cm³/mol. The Morgan fingerprint density at radius 2 is 2.10 bits per heavy atom. The molecule has 0 atom stereocenters. The molecular formula is C14H15NO4S2. The molecule has 0 unspecified atom stereocenters. The Morgan fingerprint density at radius 1 is 1.33 bits per heavy atom. The molecule has 1 N–H and O–H groups in total. The number of rotatable bonds is 5. The fourth-order valence-corrected chi connectivity index (χ4v) is 3.80. The number of anilines is 1. The molecule has 0 aliphatic carbocycles. The number of hydrogen-bond acceptors (Lipinski definition) is 5. The molecule has 0 bridgehead atoms. The van der Waals surface area contributed by atoms with E-state index in [1.165, 1.54) is 12.1 Å². The van der Waals surface area contributed by atoms with E-state index < -0.39 is 16.0 Å². The minimum atomic E-state index is -3.63. The summed E-state index contributed by atoms with van der Waals surface area (Å²) in [5.74, 6) is -0.478. The van der Waals surface area contributed by atoms with Gasteiger partial charge in [-0.1, -0.05) is 12.1 Å². The normalized spacial score (nSPS) is 11.1. The molecule has 0 aliphatic rings. The molecule has 0 saturated carbocycles. The number of benzene rings is 1. The van der Waals surface area contributed by atoms with Crippen molar-refractivity contribution in [2.75, 3.05) is 11.3 Å². The maximum atomic E-state index is 12.2. The monoisotopic (exact) mass is 325 g/mol. The molecule has 112 valence electrons. The molecule has 2 rings (SSSR count). The minimum absolute atomic E-state index is 0.225. The highest BCUT2D eigenvalue weighted by atomic mass is 32.2. The first-order chi connectivity index (χ1) is 9.94. The van der Waals surface area contributed by atoms with E-state index in [2.05, 4.69) is 4.72 Å². The van der Waals surface area contributed by atoms with E-state index in [4.69, 9.17) is 4.74 Å². The van der Waals surface area contributed by atoms with E-state index in [0.717, 1.165) is 16.9 Å². The SMILES string of the molecule is CCOC(=O)c1ccc(C)c(NS(=O)(=O)c2cccs2)c1. The first-order valence-corrected chi connectivity index (χ1v) is 8.64. The number of carbonyl (C=O) groups is 1. The molecule has 1 aromatic carbocycles. The van der Waals surface area contributed by atoms with E-state index in [1.54, 1.807) is 37.4 Å². The molecule has 0 aliphatic heterocycles. The summed E-state index contributed by atoms with van der Waals surface area (Å²) >= 11 is 1.13. The van der Waals surface area contributed by atoms with Crippen molar-refractivity contribution in [1.82, 2.24) is 0 Å². The third kappa shape index (κ3) is 3.62. The van der Waals surface area contributed by atoms with Crippen molar-refractivity contribution in [2.45, 2.75) is 18.1 Å². The highest BCUT2D eigenvalue weighted by molar-refractivity contribution is 7.94. The average Bonchev–Trinajstić information content (AvgIpc) is 2.96. The topological polar surface area (TPSA) is 72.5 Å². The molecular weight excluding hydrogens is 310 g/mol. The number of ether oxygens (including phenoxy) is 1. The highest BCUT2D eigenvalue weighted by Gasteiger charge is 2.17. The summed E-state index contributed by atoms with van der Waals surface area (Å²) in [6.07, 6.45) is 0. The lowest BCUT2D eigenvalue weighted by Crippen LogP contribution is -2.13. The lowest BCUT2D eigenvalue weighted by Gasteiger charge is -2.11. The van der Waals surface area contributed by atoms with Crippen LogP contribution in [0.25, 0.3) is 0 Å². The Kier molecular flexibility index (Phi) is 4.64. The summed E-state index contributed by atoms with van der Waals surface area (Å²) in [5.41, 5.74) is 1.41. The molecule has 21 heavy (non-hydrogen) atoms. The van der Waals surface area contributed by atoms with Gasteiger partial charge in [0, 0.05) is 0 Å². The van der Waals surface area contributed by atoms with Gasteiger partial charge in [0.1, 0.15) is 4.21 Å². The quantitative estimate of drug-likeness (QED) is 0.858. The molecule has 0 amide bonds. The minimum Gasteiger partial charge on any atom is -0.462 e.